The second kappa shape index (κ2) is 6.89. The molecule has 2 rings (SSSR count). The Morgan fingerprint density at radius 3 is 2.62 bits per heavy atom. The fourth-order valence-corrected chi connectivity index (χ4v) is 2.86. The van der Waals surface area contributed by atoms with Crippen LogP contribution in [0.1, 0.15) is 44.7 Å². The maximum atomic E-state index is 12.7. The number of rotatable bonds is 5. The molecule has 0 aromatic carbocycles. The number of carbonyl (C=O) groups excluding carboxylic acids is 1. The maximum Gasteiger partial charge on any atom is 0.256 e. The summed E-state index contributed by atoms with van der Waals surface area (Å²) in [5, 5.41) is 2.97. The first-order chi connectivity index (χ1) is 10.1. The van der Waals surface area contributed by atoms with E-state index in [1.54, 1.807) is 13.2 Å². The van der Waals surface area contributed by atoms with Gasteiger partial charge in [-0.2, -0.15) is 0 Å². The van der Waals surface area contributed by atoms with E-state index in [0.717, 1.165) is 31.4 Å². The standard InChI is InChI=1S/C16H24N2O3/c1-4-21-16(10-6-5-7-11-16)15(19)18-13-8-9-14(20-3)17-12(13)2/h8-9H,4-7,10-11H2,1-3H3,(H,18,19). The summed E-state index contributed by atoms with van der Waals surface area (Å²) >= 11 is 0. The summed E-state index contributed by atoms with van der Waals surface area (Å²) in [6.45, 7) is 4.34. The van der Waals surface area contributed by atoms with Crippen molar-refractivity contribution in [1.82, 2.24) is 4.98 Å². The van der Waals surface area contributed by atoms with Gasteiger partial charge < -0.3 is 14.8 Å². The number of hydrogen-bond acceptors (Lipinski definition) is 4. The molecule has 5 nitrogen and oxygen atoms in total. The summed E-state index contributed by atoms with van der Waals surface area (Å²) in [6.07, 6.45) is 4.82. The number of pyridine rings is 1. The number of carbonyl (C=O) groups is 1. The third-order valence-corrected chi connectivity index (χ3v) is 4.01. The first-order valence-electron chi connectivity index (χ1n) is 7.58. The van der Waals surface area contributed by atoms with E-state index in [1.165, 1.54) is 6.42 Å². The van der Waals surface area contributed by atoms with Crippen LogP contribution >= 0.6 is 0 Å². The molecule has 0 spiro atoms. The fourth-order valence-electron chi connectivity index (χ4n) is 2.86. The number of anilines is 1. The van der Waals surface area contributed by atoms with Crippen LogP contribution in [0.25, 0.3) is 0 Å². The number of amides is 1. The van der Waals surface area contributed by atoms with Gasteiger partial charge in [0.1, 0.15) is 5.60 Å². The lowest BCUT2D eigenvalue weighted by Gasteiger charge is -2.35. The molecule has 1 amide bonds. The zero-order valence-electron chi connectivity index (χ0n) is 13.1. The molecule has 1 N–H and O–H groups in total. The Hall–Kier alpha value is -1.62. The predicted molar refractivity (Wildman–Crippen MR) is 81.6 cm³/mol. The SMILES string of the molecule is CCOC1(C(=O)Nc2ccc(OC)nc2C)CCCCC1. The first kappa shape index (κ1) is 15.8. The van der Waals surface area contributed by atoms with Gasteiger partial charge in [-0.1, -0.05) is 19.3 Å². The molecule has 0 unspecified atom stereocenters. The molecule has 1 aromatic heterocycles. The van der Waals surface area contributed by atoms with Gasteiger partial charge in [-0.05, 0) is 32.8 Å². The van der Waals surface area contributed by atoms with Crippen LogP contribution in [-0.4, -0.2) is 30.2 Å². The third-order valence-electron chi connectivity index (χ3n) is 4.01. The number of ether oxygens (including phenoxy) is 2. The lowest BCUT2D eigenvalue weighted by Crippen LogP contribution is -2.47. The molecule has 116 valence electrons. The minimum atomic E-state index is -0.681. The molecule has 1 aliphatic carbocycles. The molecule has 1 heterocycles. The van der Waals surface area contributed by atoms with E-state index in [0.29, 0.717) is 18.2 Å². The van der Waals surface area contributed by atoms with Crippen molar-refractivity contribution in [2.24, 2.45) is 0 Å². The second-order valence-corrected chi connectivity index (χ2v) is 5.43. The molecule has 21 heavy (non-hydrogen) atoms. The molecule has 0 bridgehead atoms. The second-order valence-electron chi connectivity index (χ2n) is 5.43. The Labute approximate surface area is 126 Å². The average molecular weight is 292 g/mol. The highest BCUT2D eigenvalue weighted by Crippen LogP contribution is 2.33. The Balaban J connectivity index is 2.15. The summed E-state index contributed by atoms with van der Waals surface area (Å²) in [6, 6.07) is 3.57. The van der Waals surface area contributed by atoms with E-state index in [1.807, 2.05) is 19.9 Å². The molecular weight excluding hydrogens is 268 g/mol. The molecule has 0 atom stereocenters. The minimum Gasteiger partial charge on any atom is -0.481 e. The van der Waals surface area contributed by atoms with Crippen LogP contribution in [0.5, 0.6) is 5.88 Å². The minimum absolute atomic E-state index is 0.0564. The van der Waals surface area contributed by atoms with E-state index in [2.05, 4.69) is 10.3 Å². The zero-order valence-corrected chi connectivity index (χ0v) is 13.1. The van der Waals surface area contributed by atoms with Gasteiger partial charge in [0.15, 0.2) is 0 Å². The van der Waals surface area contributed by atoms with Gasteiger partial charge in [-0.25, -0.2) is 4.98 Å². The number of hydrogen-bond donors (Lipinski definition) is 1. The Morgan fingerprint density at radius 2 is 2.05 bits per heavy atom. The highest BCUT2D eigenvalue weighted by Gasteiger charge is 2.40. The van der Waals surface area contributed by atoms with E-state index < -0.39 is 5.60 Å². The number of aryl methyl sites for hydroxylation is 1. The zero-order chi connectivity index (χ0) is 15.3. The molecule has 0 aliphatic heterocycles. The average Bonchev–Trinajstić information content (AvgIpc) is 2.50. The first-order valence-corrected chi connectivity index (χ1v) is 7.58. The van der Waals surface area contributed by atoms with Crippen molar-refractivity contribution in [2.75, 3.05) is 19.0 Å². The van der Waals surface area contributed by atoms with E-state index in [4.69, 9.17) is 9.47 Å². The van der Waals surface area contributed by atoms with Crippen LogP contribution in [0.2, 0.25) is 0 Å². The monoisotopic (exact) mass is 292 g/mol. The van der Waals surface area contributed by atoms with Crippen LogP contribution in [0.4, 0.5) is 5.69 Å². The summed E-state index contributed by atoms with van der Waals surface area (Å²) in [5.74, 6) is 0.488. The van der Waals surface area contributed by atoms with Gasteiger partial charge in [0.05, 0.1) is 18.5 Å². The number of aromatic nitrogens is 1. The normalized spacial score (nSPS) is 17.3. The van der Waals surface area contributed by atoms with Crippen molar-refractivity contribution in [3.8, 4) is 5.88 Å². The van der Waals surface area contributed by atoms with Gasteiger partial charge in [0.25, 0.3) is 5.91 Å². The van der Waals surface area contributed by atoms with E-state index in [9.17, 15) is 4.79 Å². The smallest absolute Gasteiger partial charge is 0.256 e. The van der Waals surface area contributed by atoms with Crippen LogP contribution in [0, 0.1) is 6.92 Å². The summed E-state index contributed by atoms with van der Waals surface area (Å²) in [7, 11) is 1.58. The number of nitrogens with one attached hydrogen (secondary N) is 1. The van der Waals surface area contributed by atoms with Crippen molar-refractivity contribution in [3.63, 3.8) is 0 Å². The summed E-state index contributed by atoms with van der Waals surface area (Å²) < 4.78 is 10.9. The molecular formula is C16H24N2O3. The van der Waals surface area contributed by atoms with Gasteiger partial charge in [0, 0.05) is 12.7 Å². The molecule has 0 saturated heterocycles. The Kier molecular flexibility index (Phi) is 5.17. The highest BCUT2D eigenvalue weighted by molar-refractivity contribution is 5.97. The third kappa shape index (κ3) is 3.53. The largest absolute Gasteiger partial charge is 0.481 e. The van der Waals surface area contributed by atoms with Gasteiger partial charge >= 0.3 is 0 Å². The molecule has 1 fully saturated rings. The predicted octanol–water partition coefficient (Wildman–Crippen LogP) is 3.08. The van der Waals surface area contributed by atoms with Crippen LogP contribution in [0.15, 0.2) is 12.1 Å². The van der Waals surface area contributed by atoms with Crippen LogP contribution in [-0.2, 0) is 9.53 Å². The van der Waals surface area contributed by atoms with Crippen LogP contribution < -0.4 is 10.1 Å². The Morgan fingerprint density at radius 1 is 1.33 bits per heavy atom. The topological polar surface area (TPSA) is 60.5 Å². The lowest BCUT2D eigenvalue weighted by atomic mass is 9.83. The highest BCUT2D eigenvalue weighted by atomic mass is 16.5. The maximum absolute atomic E-state index is 12.7. The van der Waals surface area contributed by atoms with Crippen LogP contribution in [0.3, 0.4) is 0 Å². The molecule has 0 radical (unpaired) electrons. The molecule has 1 saturated carbocycles. The van der Waals surface area contributed by atoms with Crippen molar-refractivity contribution in [3.05, 3.63) is 17.8 Å². The fraction of sp³-hybridized carbons (Fsp3) is 0.625. The molecule has 1 aliphatic rings. The van der Waals surface area contributed by atoms with Gasteiger partial charge in [-0.15, -0.1) is 0 Å². The lowest BCUT2D eigenvalue weighted by molar-refractivity contribution is -0.145. The van der Waals surface area contributed by atoms with Crippen molar-refractivity contribution >= 4 is 11.6 Å². The molecule has 5 heteroatoms. The Bertz CT molecular complexity index is 491. The quantitative estimate of drug-likeness (QED) is 0.906. The van der Waals surface area contributed by atoms with Crippen molar-refractivity contribution < 1.29 is 14.3 Å². The van der Waals surface area contributed by atoms with Crippen molar-refractivity contribution in [1.29, 1.82) is 0 Å². The summed E-state index contributed by atoms with van der Waals surface area (Å²) in [5.41, 5.74) is 0.773. The number of methoxy groups -OCH3 is 1. The van der Waals surface area contributed by atoms with E-state index >= 15 is 0 Å². The van der Waals surface area contributed by atoms with E-state index in [-0.39, 0.29) is 5.91 Å². The van der Waals surface area contributed by atoms with Gasteiger partial charge in [-0.3, -0.25) is 4.79 Å². The number of nitrogens with zero attached hydrogens (tertiary/aromatic N) is 1. The van der Waals surface area contributed by atoms with Crippen molar-refractivity contribution in [2.45, 2.75) is 51.6 Å². The molecule has 1 aromatic rings. The van der Waals surface area contributed by atoms with Gasteiger partial charge in [0.2, 0.25) is 5.88 Å². The summed E-state index contributed by atoms with van der Waals surface area (Å²) in [4.78, 5) is 17.0.